The summed E-state index contributed by atoms with van der Waals surface area (Å²) in [5.74, 6) is -1.20. The van der Waals surface area contributed by atoms with Crippen LogP contribution < -0.4 is 14.8 Å². The van der Waals surface area contributed by atoms with Crippen molar-refractivity contribution in [1.82, 2.24) is 4.90 Å². The molecule has 2 aromatic rings. The van der Waals surface area contributed by atoms with Crippen molar-refractivity contribution < 1.29 is 33.4 Å². The predicted molar refractivity (Wildman–Crippen MR) is 119 cm³/mol. The Morgan fingerprint density at radius 3 is 2.33 bits per heavy atom. The molecule has 1 aliphatic heterocycles. The van der Waals surface area contributed by atoms with E-state index in [1.165, 1.54) is 20.1 Å². The molecular formula is C24H26N2O7. The number of hydrogen-bond donors (Lipinski definition) is 1. The van der Waals surface area contributed by atoms with Crippen molar-refractivity contribution in [3.8, 4) is 11.5 Å². The predicted octanol–water partition coefficient (Wildman–Crippen LogP) is 3.34. The van der Waals surface area contributed by atoms with Crippen LogP contribution in [0.2, 0.25) is 0 Å². The van der Waals surface area contributed by atoms with E-state index in [-0.39, 0.29) is 29.1 Å². The number of methoxy groups -OCH3 is 1. The van der Waals surface area contributed by atoms with E-state index in [1.807, 2.05) is 13.8 Å². The summed E-state index contributed by atoms with van der Waals surface area (Å²) in [6.07, 6.45) is -0.253. The summed E-state index contributed by atoms with van der Waals surface area (Å²) in [5.41, 5.74) is 0.975. The van der Waals surface area contributed by atoms with Crippen LogP contribution in [0.25, 0.3) is 0 Å². The van der Waals surface area contributed by atoms with Gasteiger partial charge in [0.05, 0.1) is 49.6 Å². The van der Waals surface area contributed by atoms with Crippen LogP contribution in [0.4, 0.5) is 5.69 Å². The minimum atomic E-state index is -0.954. The highest BCUT2D eigenvalue weighted by atomic mass is 16.5. The molecule has 1 unspecified atom stereocenters. The van der Waals surface area contributed by atoms with Gasteiger partial charge in [-0.25, -0.2) is 0 Å². The SMILES string of the molecule is CCOc1ccc(C(CC(=O)OC)N2C(=O)c3cccc(NC(C)=O)c3C2=O)cc1OCC. The van der Waals surface area contributed by atoms with Gasteiger partial charge < -0.3 is 19.5 Å². The van der Waals surface area contributed by atoms with Gasteiger partial charge in [0, 0.05) is 6.92 Å². The zero-order valence-electron chi connectivity index (χ0n) is 19.0. The van der Waals surface area contributed by atoms with Crippen molar-refractivity contribution >= 4 is 29.4 Å². The standard InChI is InChI=1S/C24H26N2O7/c1-5-32-19-11-10-15(12-20(19)33-6-2)18(13-21(28)31-4)26-23(29)16-8-7-9-17(25-14(3)27)22(16)24(26)30/h7-12,18H,5-6,13H2,1-4H3,(H,25,27). The third-order valence-electron chi connectivity index (χ3n) is 5.11. The van der Waals surface area contributed by atoms with Crippen molar-refractivity contribution in [1.29, 1.82) is 0 Å². The second kappa shape index (κ2) is 10.2. The fourth-order valence-corrected chi connectivity index (χ4v) is 3.75. The third-order valence-corrected chi connectivity index (χ3v) is 5.11. The molecule has 3 rings (SSSR count). The van der Waals surface area contributed by atoms with Gasteiger partial charge in [-0.2, -0.15) is 0 Å². The van der Waals surface area contributed by atoms with Crippen molar-refractivity contribution in [2.45, 2.75) is 33.2 Å². The lowest BCUT2D eigenvalue weighted by Crippen LogP contribution is -2.35. The fourth-order valence-electron chi connectivity index (χ4n) is 3.75. The average Bonchev–Trinajstić information content (AvgIpc) is 3.04. The topological polar surface area (TPSA) is 111 Å². The van der Waals surface area contributed by atoms with E-state index in [0.29, 0.717) is 30.3 Å². The molecule has 0 bridgehead atoms. The first-order valence-electron chi connectivity index (χ1n) is 10.6. The number of ether oxygens (including phenoxy) is 3. The Balaban J connectivity index is 2.09. The highest BCUT2D eigenvalue weighted by Crippen LogP contribution is 2.39. The van der Waals surface area contributed by atoms with E-state index >= 15 is 0 Å². The number of carbonyl (C=O) groups excluding carboxylic acids is 4. The van der Waals surface area contributed by atoms with Crippen LogP contribution in [0.15, 0.2) is 36.4 Å². The molecule has 0 aromatic heterocycles. The number of benzene rings is 2. The Bertz CT molecular complexity index is 1100. The van der Waals surface area contributed by atoms with Crippen LogP contribution >= 0.6 is 0 Å². The first-order chi connectivity index (χ1) is 15.8. The summed E-state index contributed by atoms with van der Waals surface area (Å²) in [7, 11) is 1.24. The number of amides is 3. The van der Waals surface area contributed by atoms with Gasteiger partial charge in [0.25, 0.3) is 11.8 Å². The van der Waals surface area contributed by atoms with Gasteiger partial charge >= 0.3 is 5.97 Å². The molecule has 0 aliphatic carbocycles. The second-order valence-electron chi connectivity index (χ2n) is 7.26. The largest absolute Gasteiger partial charge is 0.490 e. The first-order valence-corrected chi connectivity index (χ1v) is 10.6. The first kappa shape index (κ1) is 23.8. The number of anilines is 1. The molecule has 9 heteroatoms. The van der Waals surface area contributed by atoms with Gasteiger partial charge in [-0.15, -0.1) is 0 Å². The molecule has 1 atom stereocenters. The van der Waals surface area contributed by atoms with Crippen molar-refractivity contribution in [2.75, 3.05) is 25.6 Å². The summed E-state index contributed by atoms with van der Waals surface area (Å²) in [4.78, 5) is 51.6. The molecule has 3 amide bonds. The molecule has 0 radical (unpaired) electrons. The summed E-state index contributed by atoms with van der Waals surface area (Å²) >= 11 is 0. The number of fused-ring (bicyclic) bond motifs is 1. The molecule has 0 spiro atoms. The Kier molecular flexibility index (Phi) is 7.32. The normalized spacial score (nSPS) is 13.4. The van der Waals surface area contributed by atoms with E-state index in [4.69, 9.17) is 14.2 Å². The van der Waals surface area contributed by atoms with Crippen molar-refractivity contribution in [3.05, 3.63) is 53.1 Å². The van der Waals surface area contributed by atoms with Crippen LogP contribution in [-0.4, -0.2) is 48.9 Å². The number of rotatable bonds is 9. The molecule has 2 aromatic carbocycles. The van der Waals surface area contributed by atoms with Gasteiger partial charge in [0.1, 0.15) is 0 Å². The number of nitrogens with one attached hydrogen (secondary N) is 1. The molecule has 0 saturated heterocycles. The molecule has 1 aliphatic rings. The average molecular weight is 454 g/mol. The highest BCUT2D eigenvalue weighted by molar-refractivity contribution is 6.24. The maximum Gasteiger partial charge on any atom is 0.307 e. The summed E-state index contributed by atoms with van der Waals surface area (Å²) < 4.78 is 16.1. The Labute approximate surface area is 191 Å². The maximum atomic E-state index is 13.4. The van der Waals surface area contributed by atoms with Crippen LogP contribution in [0.5, 0.6) is 11.5 Å². The van der Waals surface area contributed by atoms with Gasteiger partial charge in [-0.1, -0.05) is 12.1 Å². The van der Waals surface area contributed by atoms with E-state index in [9.17, 15) is 19.2 Å². The molecule has 9 nitrogen and oxygen atoms in total. The van der Waals surface area contributed by atoms with E-state index in [0.717, 1.165) is 4.90 Å². The molecule has 1 heterocycles. The Morgan fingerprint density at radius 2 is 1.70 bits per heavy atom. The van der Waals surface area contributed by atoms with Crippen LogP contribution in [0.3, 0.4) is 0 Å². The van der Waals surface area contributed by atoms with Gasteiger partial charge in [0.2, 0.25) is 5.91 Å². The molecule has 0 saturated carbocycles. The fraction of sp³-hybridized carbons (Fsp3) is 0.333. The lowest BCUT2D eigenvalue weighted by atomic mass is 10.0. The van der Waals surface area contributed by atoms with Crippen LogP contribution in [0, 0.1) is 0 Å². The van der Waals surface area contributed by atoms with Crippen LogP contribution in [-0.2, 0) is 14.3 Å². The van der Waals surface area contributed by atoms with Crippen molar-refractivity contribution in [2.24, 2.45) is 0 Å². The maximum absolute atomic E-state index is 13.4. The lowest BCUT2D eigenvalue weighted by Gasteiger charge is -2.26. The summed E-state index contributed by atoms with van der Waals surface area (Å²) in [6.45, 7) is 5.78. The second-order valence-corrected chi connectivity index (χ2v) is 7.26. The zero-order chi connectivity index (χ0) is 24.1. The minimum Gasteiger partial charge on any atom is -0.490 e. The summed E-state index contributed by atoms with van der Waals surface area (Å²) in [5, 5.41) is 2.59. The van der Waals surface area contributed by atoms with Crippen LogP contribution in [0.1, 0.15) is 59.5 Å². The third kappa shape index (κ3) is 4.82. The quantitative estimate of drug-likeness (QED) is 0.457. The zero-order valence-corrected chi connectivity index (χ0v) is 19.0. The van der Waals surface area contributed by atoms with Crippen molar-refractivity contribution in [3.63, 3.8) is 0 Å². The van der Waals surface area contributed by atoms with Gasteiger partial charge in [0.15, 0.2) is 11.5 Å². The molecule has 174 valence electrons. The van der Waals surface area contributed by atoms with E-state index in [1.54, 1.807) is 30.3 Å². The molecule has 1 N–H and O–H groups in total. The number of hydrogen-bond acceptors (Lipinski definition) is 7. The minimum absolute atomic E-state index is 0.0866. The molecule has 33 heavy (non-hydrogen) atoms. The monoisotopic (exact) mass is 454 g/mol. The Morgan fingerprint density at radius 1 is 1.00 bits per heavy atom. The highest BCUT2D eigenvalue weighted by Gasteiger charge is 2.43. The molecule has 0 fully saturated rings. The number of carbonyl (C=O) groups is 4. The Hall–Kier alpha value is -3.88. The number of esters is 1. The van der Waals surface area contributed by atoms with Gasteiger partial charge in [-0.05, 0) is 43.7 Å². The smallest absolute Gasteiger partial charge is 0.307 e. The van der Waals surface area contributed by atoms with E-state index in [2.05, 4.69) is 5.32 Å². The number of nitrogens with zero attached hydrogens (tertiary/aromatic N) is 1. The lowest BCUT2D eigenvalue weighted by molar-refractivity contribution is -0.141. The van der Waals surface area contributed by atoms with E-state index < -0.39 is 23.8 Å². The summed E-state index contributed by atoms with van der Waals surface area (Å²) in [6, 6.07) is 8.70. The number of imide groups is 1. The van der Waals surface area contributed by atoms with Gasteiger partial charge in [-0.3, -0.25) is 24.1 Å². The molecular weight excluding hydrogens is 428 g/mol.